The average Bonchev–Trinajstić information content (AvgIpc) is 2.63. The lowest BCUT2D eigenvalue weighted by atomic mass is 10.2. The Balaban J connectivity index is 2.59. The standard InChI is InChI=1S/C10H12BrN3S/c1-5-4-7(15-9(5)11)8-6(2)10(12)14(3)13-8/h4H,12H2,1-3H3. The number of rotatable bonds is 1. The minimum Gasteiger partial charge on any atom is -0.384 e. The monoisotopic (exact) mass is 285 g/mol. The van der Waals surface area contributed by atoms with Crippen LogP contribution in [0.2, 0.25) is 0 Å². The lowest BCUT2D eigenvalue weighted by molar-refractivity contribution is 0.782. The number of aryl methyl sites for hydroxylation is 2. The molecule has 0 amide bonds. The number of nitrogens with two attached hydrogens (primary N) is 1. The number of anilines is 1. The van der Waals surface area contributed by atoms with Crippen molar-refractivity contribution in [3.05, 3.63) is 21.0 Å². The van der Waals surface area contributed by atoms with Crippen LogP contribution >= 0.6 is 27.3 Å². The van der Waals surface area contributed by atoms with Crippen LogP contribution in [0.4, 0.5) is 5.82 Å². The maximum absolute atomic E-state index is 5.88. The fraction of sp³-hybridized carbons (Fsp3) is 0.300. The zero-order chi connectivity index (χ0) is 11.2. The highest BCUT2D eigenvalue weighted by Gasteiger charge is 2.14. The molecule has 0 spiro atoms. The van der Waals surface area contributed by atoms with Crippen LogP contribution < -0.4 is 5.73 Å². The molecule has 80 valence electrons. The second-order valence-electron chi connectivity index (χ2n) is 3.55. The third kappa shape index (κ3) is 1.70. The highest BCUT2D eigenvalue weighted by Crippen LogP contribution is 2.36. The molecule has 0 aliphatic rings. The summed E-state index contributed by atoms with van der Waals surface area (Å²) in [6.07, 6.45) is 0. The Kier molecular flexibility index (Phi) is 2.60. The van der Waals surface area contributed by atoms with E-state index >= 15 is 0 Å². The Labute approximate surface area is 101 Å². The van der Waals surface area contributed by atoms with Crippen LogP contribution in [-0.4, -0.2) is 9.78 Å². The molecule has 15 heavy (non-hydrogen) atoms. The molecule has 2 aromatic heterocycles. The smallest absolute Gasteiger partial charge is 0.124 e. The van der Waals surface area contributed by atoms with Gasteiger partial charge in [-0.05, 0) is 41.4 Å². The van der Waals surface area contributed by atoms with Crippen LogP contribution in [0, 0.1) is 13.8 Å². The van der Waals surface area contributed by atoms with Gasteiger partial charge in [0.1, 0.15) is 11.5 Å². The van der Waals surface area contributed by atoms with E-state index in [9.17, 15) is 0 Å². The molecular weight excluding hydrogens is 274 g/mol. The van der Waals surface area contributed by atoms with Crippen molar-refractivity contribution in [3.63, 3.8) is 0 Å². The Morgan fingerprint density at radius 2 is 2.13 bits per heavy atom. The molecule has 0 radical (unpaired) electrons. The van der Waals surface area contributed by atoms with E-state index in [0.717, 1.165) is 25.7 Å². The first-order valence-electron chi connectivity index (χ1n) is 4.56. The van der Waals surface area contributed by atoms with Crippen LogP contribution in [0.1, 0.15) is 11.1 Å². The van der Waals surface area contributed by atoms with E-state index in [2.05, 4.69) is 34.0 Å². The predicted molar refractivity (Wildman–Crippen MR) is 68.1 cm³/mol. The zero-order valence-electron chi connectivity index (χ0n) is 8.84. The highest BCUT2D eigenvalue weighted by atomic mass is 79.9. The quantitative estimate of drug-likeness (QED) is 0.875. The maximum Gasteiger partial charge on any atom is 0.124 e. The summed E-state index contributed by atoms with van der Waals surface area (Å²) in [7, 11) is 1.86. The molecular formula is C10H12BrN3S. The summed E-state index contributed by atoms with van der Waals surface area (Å²) < 4.78 is 2.87. The molecule has 0 aliphatic carbocycles. The lowest BCUT2D eigenvalue weighted by Gasteiger charge is -1.92. The van der Waals surface area contributed by atoms with E-state index in [0.29, 0.717) is 0 Å². The molecule has 2 rings (SSSR count). The lowest BCUT2D eigenvalue weighted by Crippen LogP contribution is -1.97. The minimum atomic E-state index is 0.729. The summed E-state index contributed by atoms with van der Waals surface area (Å²) in [5.74, 6) is 0.729. The van der Waals surface area contributed by atoms with Crippen molar-refractivity contribution < 1.29 is 0 Å². The Morgan fingerprint density at radius 1 is 1.47 bits per heavy atom. The molecule has 3 nitrogen and oxygen atoms in total. The van der Waals surface area contributed by atoms with Crippen molar-refractivity contribution in [2.75, 3.05) is 5.73 Å². The predicted octanol–water partition coefficient (Wildman–Crippen LogP) is 3.11. The van der Waals surface area contributed by atoms with Crippen LogP contribution in [0.25, 0.3) is 10.6 Å². The molecule has 0 atom stereocenters. The molecule has 5 heteroatoms. The third-order valence-corrected chi connectivity index (χ3v) is 4.57. The van der Waals surface area contributed by atoms with Crippen molar-refractivity contribution in [1.29, 1.82) is 0 Å². The average molecular weight is 286 g/mol. The van der Waals surface area contributed by atoms with Gasteiger partial charge in [0.2, 0.25) is 0 Å². The first-order chi connectivity index (χ1) is 7.00. The summed E-state index contributed by atoms with van der Waals surface area (Å²) in [6.45, 7) is 4.08. The van der Waals surface area contributed by atoms with Crippen LogP contribution in [-0.2, 0) is 7.05 Å². The van der Waals surface area contributed by atoms with Crippen molar-refractivity contribution in [2.24, 2.45) is 7.05 Å². The molecule has 2 N–H and O–H groups in total. The van der Waals surface area contributed by atoms with Gasteiger partial charge in [-0.1, -0.05) is 0 Å². The maximum atomic E-state index is 5.88. The van der Waals surface area contributed by atoms with Gasteiger partial charge in [0.05, 0.1) is 8.66 Å². The van der Waals surface area contributed by atoms with Gasteiger partial charge < -0.3 is 5.73 Å². The van der Waals surface area contributed by atoms with Crippen molar-refractivity contribution in [1.82, 2.24) is 9.78 Å². The molecule has 2 heterocycles. The normalized spacial score (nSPS) is 10.9. The molecule has 0 aliphatic heterocycles. The van der Waals surface area contributed by atoms with Gasteiger partial charge in [0, 0.05) is 12.6 Å². The minimum absolute atomic E-state index is 0.729. The number of thiophene rings is 1. The first kappa shape index (κ1) is 10.7. The fourth-order valence-electron chi connectivity index (χ4n) is 1.45. The molecule has 0 fully saturated rings. The van der Waals surface area contributed by atoms with Gasteiger partial charge in [0.25, 0.3) is 0 Å². The van der Waals surface area contributed by atoms with Crippen molar-refractivity contribution >= 4 is 33.1 Å². The van der Waals surface area contributed by atoms with E-state index in [1.165, 1.54) is 5.56 Å². The van der Waals surface area contributed by atoms with Crippen molar-refractivity contribution in [2.45, 2.75) is 13.8 Å². The molecule has 0 saturated carbocycles. The summed E-state index contributed by atoms with van der Waals surface area (Å²) >= 11 is 5.20. The van der Waals surface area contributed by atoms with E-state index in [4.69, 9.17) is 5.73 Å². The van der Waals surface area contributed by atoms with Crippen LogP contribution in [0.3, 0.4) is 0 Å². The largest absolute Gasteiger partial charge is 0.384 e. The fourth-order valence-corrected chi connectivity index (χ4v) is 3.03. The van der Waals surface area contributed by atoms with Crippen LogP contribution in [0.15, 0.2) is 9.85 Å². The SMILES string of the molecule is Cc1cc(-c2nn(C)c(N)c2C)sc1Br. The first-order valence-corrected chi connectivity index (χ1v) is 6.17. The number of aromatic nitrogens is 2. The molecule has 0 unspecified atom stereocenters. The Hall–Kier alpha value is -0.810. The summed E-state index contributed by atoms with van der Waals surface area (Å²) in [5.41, 5.74) is 9.14. The van der Waals surface area contributed by atoms with E-state index in [1.807, 2.05) is 14.0 Å². The van der Waals surface area contributed by atoms with Gasteiger partial charge in [-0.2, -0.15) is 5.10 Å². The van der Waals surface area contributed by atoms with Gasteiger partial charge in [0.15, 0.2) is 0 Å². The summed E-state index contributed by atoms with van der Waals surface area (Å²) in [5, 5.41) is 4.42. The Bertz CT molecular complexity index is 493. The zero-order valence-corrected chi connectivity index (χ0v) is 11.2. The number of halogens is 1. The molecule has 2 aromatic rings. The topological polar surface area (TPSA) is 43.8 Å². The van der Waals surface area contributed by atoms with E-state index < -0.39 is 0 Å². The third-order valence-electron chi connectivity index (χ3n) is 2.43. The van der Waals surface area contributed by atoms with Gasteiger partial charge in [-0.25, -0.2) is 0 Å². The number of nitrogens with zero attached hydrogens (tertiary/aromatic N) is 2. The van der Waals surface area contributed by atoms with Crippen molar-refractivity contribution in [3.8, 4) is 10.6 Å². The summed E-state index contributed by atoms with van der Waals surface area (Å²) in [4.78, 5) is 1.16. The second-order valence-corrected chi connectivity index (χ2v) is 5.92. The second kappa shape index (κ2) is 3.64. The molecule has 0 aromatic carbocycles. The summed E-state index contributed by atoms with van der Waals surface area (Å²) in [6, 6.07) is 2.13. The van der Waals surface area contributed by atoms with E-state index in [-0.39, 0.29) is 0 Å². The van der Waals surface area contributed by atoms with E-state index in [1.54, 1.807) is 16.0 Å². The van der Waals surface area contributed by atoms with Crippen LogP contribution in [0.5, 0.6) is 0 Å². The van der Waals surface area contributed by atoms with Gasteiger partial charge in [-0.15, -0.1) is 11.3 Å². The molecule has 0 bridgehead atoms. The number of hydrogen-bond acceptors (Lipinski definition) is 3. The molecule has 0 saturated heterocycles. The number of hydrogen-bond donors (Lipinski definition) is 1. The van der Waals surface area contributed by atoms with Gasteiger partial charge in [-0.3, -0.25) is 4.68 Å². The Morgan fingerprint density at radius 3 is 2.53 bits per heavy atom. The number of nitrogen functional groups attached to an aromatic ring is 1. The highest BCUT2D eigenvalue weighted by molar-refractivity contribution is 9.11. The van der Waals surface area contributed by atoms with Gasteiger partial charge >= 0.3 is 0 Å².